The fraction of sp³-hybridized carbons (Fsp3) is 0.111. The highest BCUT2D eigenvalue weighted by Gasteiger charge is 2.17. The fourth-order valence-corrected chi connectivity index (χ4v) is 2.71. The first-order chi connectivity index (χ1) is 13.0. The molecule has 0 aliphatic carbocycles. The quantitative estimate of drug-likeness (QED) is 0.426. The van der Waals surface area contributed by atoms with Crippen LogP contribution in [0.5, 0.6) is 11.5 Å². The molecule has 0 atom stereocenters. The van der Waals surface area contributed by atoms with Gasteiger partial charge in [-0.05, 0) is 29.8 Å². The second kappa shape index (κ2) is 6.45. The zero-order chi connectivity index (χ0) is 19.0. The van der Waals surface area contributed by atoms with Crippen molar-refractivity contribution in [1.82, 2.24) is 5.32 Å². The first-order valence-electron chi connectivity index (χ1n) is 7.90. The van der Waals surface area contributed by atoms with Crippen molar-refractivity contribution in [2.24, 2.45) is 0 Å². The Kier molecular flexibility index (Phi) is 3.96. The van der Waals surface area contributed by atoms with E-state index >= 15 is 0 Å². The Morgan fingerprint density at radius 3 is 2.74 bits per heavy atom. The lowest BCUT2D eigenvalue weighted by atomic mass is 10.1. The molecule has 1 N–H and O–H groups in total. The molecule has 0 saturated carbocycles. The van der Waals surface area contributed by atoms with Crippen LogP contribution in [0.1, 0.15) is 15.9 Å². The standard InChI is InChI=1S/C18H12N2O7/c21-17(19-8-10-1-3-15-16(5-10)26-9-25-15)13-7-11-6-12(20(23)24)2-4-14(11)27-18(13)22/h1-7H,8-9H2,(H,19,21). The van der Waals surface area contributed by atoms with Crippen LogP contribution in [0.3, 0.4) is 0 Å². The third-order valence-corrected chi connectivity index (χ3v) is 4.06. The predicted molar refractivity (Wildman–Crippen MR) is 92.9 cm³/mol. The topological polar surface area (TPSA) is 121 Å². The van der Waals surface area contributed by atoms with E-state index in [0.717, 1.165) is 5.56 Å². The lowest BCUT2D eigenvalue weighted by molar-refractivity contribution is -0.384. The summed E-state index contributed by atoms with van der Waals surface area (Å²) < 4.78 is 15.6. The summed E-state index contributed by atoms with van der Waals surface area (Å²) in [7, 11) is 0. The third kappa shape index (κ3) is 3.17. The molecule has 0 saturated heterocycles. The van der Waals surface area contributed by atoms with Crippen molar-refractivity contribution < 1.29 is 23.6 Å². The summed E-state index contributed by atoms with van der Waals surface area (Å²) >= 11 is 0. The van der Waals surface area contributed by atoms with Gasteiger partial charge in [0.1, 0.15) is 11.1 Å². The summed E-state index contributed by atoms with van der Waals surface area (Å²) in [5, 5.41) is 13.8. The van der Waals surface area contributed by atoms with E-state index in [1.807, 2.05) is 0 Å². The second-order valence-electron chi connectivity index (χ2n) is 5.80. The monoisotopic (exact) mass is 368 g/mol. The van der Waals surface area contributed by atoms with Gasteiger partial charge in [0.15, 0.2) is 11.5 Å². The van der Waals surface area contributed by atoms with Crippen molar-refractivity contribution in [3.05, 3.63) is 74.1 Å². The molecule has 1 amide bonds. The van der Waals surface area contributed by atoms with E-state index in [1.165, 1.54) is 24.3 Å². The highest BCUT2D eigenvalue weighted by Crippen LogP contribution is 2.32. The van der Waals surface area contributed by atoms with Gasteiger partial charge in [-0.3, -0.25) is 14.9 Å². The van der Waals surface area contributed by atoms with E-state index in [0.29, 0.717) is 11.5 Å². The Morgan fingerprint density at radius 2 is 1.93 bits per heavy atom. The van der Waals surface area contributed by atoms with Crippen molar-refractivity contribution in [2.75, 3.05) is 6.79 Å². The van der Waals surface area contributed by atoms with Gasteiger partial charge in [-0.1, -0.05) is 6.07 Å². The summed E-state index contributed by atoms with van der Waals surface area (Å²) in [4.78, 5) is 34.8. The molecule has 4 rings (SSSR count). The summed E-state index contributed by atoms with van der Waals surface area (Å²) in [5.74, 6) is 0.566. The van der Waals surface area contributed by atoms with Gasteiger partial charge in [0.2, 0.25) is 6.79 Å². The highest BCUT2D eigenvalue weighted by atomic mass is 16.7. The summed E-state index contributed by atoms with van der Waals surface area (Å²) in [6.07, 6.45) is 0. The average Bonchev–Trinajstić information content (AvgIpc) is 3.13. The van der Waals surface area contributed by atoms with Gasteiger partial charge in [0, 0.05) is 24.1 Å². The van der Waals surface area contributed by atoms with Crippen LogP contribution < -0.4 is 20.4 Å². The minimum Gasteiger partial charge on any atom is -0.454 e. The van der Waals surface area contributed by atoms with E-state index in [-0.39, 0.29) is 35.6 Å². The van der Waals surface area contributed by atoms with Gasteiger partial charge in [-0.15, -0.1) is 0 Å². The van der Waals surface area contributed by atoms with Crippen LogP contribution in [0, 0.1) is 10.1 Å². The molecule has 0 spiro atoms. The van der Waals surface area contributed by atoms with Crippen LogP contribution in [0.2, 0.25) is 0 Å². The lowest BCUT2D eigenvalue weighted by Crippen LogP contribution is -2.27. The SMILES string of the molecule is O=C(NCc1ccc2c(c1)OCO2)c1cc2cc([N+](=O)[O-])ccc2oc1=O. The number of carbonyl (C=O) groups excluding carboxylic acids is 1. The highest BCUT2D eigenvalue weighted by molar-refractivity contribution is 5.96. The van der Waals surface area contributed by atoms with Crippen LogP contribution in [0.25, 0.3) is 11.0 Å². The molecular weight excluding hydrogens is 356 g/mol. The number of nitrogens with one attached hydrogen (secondary N) is 1. The van der Waals surface area contributed by atoms with Crippen LogP contribution in [-0.2, 0) is 6.54 Å². The Hall–Kier alpha value is -3.88. The van der Waals surface area contributed by atoms with Gasteiger partial charge in [0.05, 0.1) is 4.92 Å². The number of ether oxygens (including phenoxy) is 2. The first kappa shape index (κ1) is 16.6. The van der Waals surface area contributed by atoms with Crippen LogP contribution in [0.15, 0.2) is 51.7 Å². The van der Waals surface area contributed by atoms with Crippen molar-refractivity contribution >= 4 is 22.6 Å². The summed E-state index contributed by atoms with van der Waals surface area (Å²) in [6, 6.07) is 10.3. The Labute approximate surface area is 151 Å². The number of nitrogens with zero attached hydrogens (tertiary/aromatic N) is 1. The van der Waals surface area contributed by atoms with Crippen molar-refractivity contribution in [3.63, 3.8) is 0 Å². The maximum Gasteiger partial charge on any atom is 0.349 e. The molecule has 27 heavy (non-hydrogen) atoms. The van der Waals surface area contributed by atoms with Gasteiger partial charge >= 0.3 is 5.63 Å². The summed E-state index contributed by atoms with van der Waals surface area (Å²) in [6.45, 7) is 0.303. The molecule has 136 valence electrons. The lowest BCUT2D eigenvalue weighted by Gasteiger charge is -2.06. The van der Waals surface area contributed by atoms with Crippen LogP contribution in [0.4, 0.5) is 5.69 Å². The van der Waals surface area contributed by atoms with Crippen molar-refractivity contribution in [3.8, 4) is 11.5 Å². The predicted octanol–water partition coefficient (Wildman–Crippen LogP) is 2.36. The number of hydrogen-bond acceptors (Lipinski definition) is 7. The first-order valence-corrected chi connectivity index (χ1v) is 7.90. The Morgan fingerprint density at radius 1 is 1.11 bits per heavy atom. The molecule has 0 unspecified atom stereocenters. The zero-order valence-electron chi connectivity index (χ0n) is 13.8. The number of hydrogen-bond donors (Lipinski definition) is 1. The minimum atomic E-state index is -0.820. The fourth-order valence-electron chi connectivity index (χ4n) is 2.71. The van der Waals surface area contributed by atoms with E-state index in [1.54, 1.807) is 18.2 Å². The molecule has 9 heteroatoms. The zero-order valence-corrected chi connectivity index (χ0v) is 13.8. The van der Waals surface area contributed by atoms with E-state index < -0.39 is 16.5 Å². The third-order valence-electron chi connectivity index (χ3n) is 4.06. The summed E-state index contributed by atoms with van der Waals surface area (Å²) in [5.41, 5.74) is -0.294. The Balaban J connectivity index is 1.57. The minimum absolute atomic E-state index is 0.148. The van der Waals surface area contributed by atoms with Crippen molar-refractivity contribution in [1.29, 1.82) is 0 Å². The van der Waals surface area contributed by atoms with Crippen LogP contribution >= 0.6 is 0 Å². The largest absolute Gasteiger partial charge is 0.454 e. The van der Waals surface area contributed by atoms with Gasteiger partial charge in [0.25, 0.3) is 11.6 Å². The van der Waals surface area contributed by atoms with Gasteiger partial charge < -0.3 is 19.2 Å². The molecule has 1 aliphatic heterocycles. The maximum absolute atomic E-state index is 12.4. The molecule has 0 fully saturated rings. The number of fused-ring (bicyclic) bond motifs is 2. The number of benzene rings is 2. The van der Waals surface area contributed by atoms with Gasteiger partial charge in [-0.25, -0.2) is 4.79 Å². The maximum atomic E-state index is 12.4. The van der Waals surface area contributed by atoms with E-state index in [4.69, 9.17) is 13.9 Å². The van der Waals surface area contributed by atoms with E-state index in [2.05, 4.69) is 5.32 Å². The number of carbonyl (C=O) groups is 1. The number of nitro benzene ring substituents is 1. The molecule has 9 nitrogen and oxygen atoms in total. The van der Waals surface area contributed by atoms with Crippen LogP contribution in [-0.4, -0.2) is 17.6 Å². The smallest absolute Gasteiger partial charge is 0.349 e. The molecule has 3 aromatic rings. The van der Waals surface area contributed by atoms with Gasteiger partial charge in [-0.2, -0.15) is 0 Å². The van der Waals surface area contributed by atoms with E-state index in [9.17, 15) is 19.7 Å². The normalized spacial score (nSPS) is 12.1. The second-order valence-corrected chi connectivity index (χ2v) is 5.80. The molecular formula is C18H12N2O7. The molecule has 0 radical (unpaired) electrons. The molecule has 2 heterocycles. The average molecular weight is 368 g/mol. The number of non-ortho nitro benzene ring substituents is 1. The molecule has 2 aromatic carbocycles. The van der Waals surface area contributed by atoms with Crippen molar-refractivity contribution in [2.45, 2.75) is 6.54 Å². The Bertz CT molecular complexity index is 1140. The number of amides is 1. The number of rotatable bonds is 4. The molecule has 0 bridgehead atoms. The molecule has 1 aromatic heterocycles. The number of nitro groups is 1. The molecule has 1 aliphatic rings.